The number of nitrogens with two attached hydrogens (primary N) is 1. The molecule has 0 aromatic heterocycles. The molecule has 0 fully saturated rings. The molecule has 0 spiro atoms. The van der Waals surface area contributed by atoms with E-state index in [9.17, 15) is 5.21 Å². The van der Waals surface area contributed by atoms with Gasteiger partial charge in [-0.3, -0.25) is 5.23 Å². The van der Waals surface area contributed by atoms with Crippen molar-refractivity contribution in [2.24, 2.45) is 5.90 Å². The molecule has 0 aliphatic carbocycles. The van der Waals surface area contributed by atoms with E-state index >= 15 is 0 Å². The fraction of sp³-hybridized carbons (Fsp3) is 1.00. The van der Waals surface area contributed by atoms with Gasteiger partial charge in [-0.05, 0) is 13.8 Å². The number of rotatable bonds is 5. The molecule has 2 N–H and O–H groups in total. The molecule has 0 atom stereocenters. The Labute approximate surface area is 60.2 Å². The lowest BCUT2D eigenvalue weighted by molar-refractivity contribution is -0.159. The predicted octanol–water partition coefficient (Wildman–Crippen LogP) is 0.0165. The van der Waals surface area contributed by atoms with Gasteiger partial charge < -0.3 is 14.9 Å². The Kier molecular flexibility index (Phi) is 5.46. The summed E-state index contributed by atoms with van der Waals surface area (Å²) >= 11 is 0. The first-order chi connectivity index (χ1) is 4.66. The molecule has 0 radical (unpaired) electrons. The third-order valence-corrected chi connectivity index (χ3v) is 0.720. The van der Waals surface area contributed by atoms with Gasteiger partial charge in [0, 0.05) is 6.54 Å². The molecule has 5 nitrogen and oxygen atoms in total. The van der Waals surface area contributed by atoms with Crippen molar-refractivity contribution in [2.45, 2.75) is 20.0 Å². The molecular weight excluding hydrogens is 136 g/mol. The van der Waals surface area contributed by atoms with E-state index in [2.05, 4.69) is 10.7 Å². The summed E-state index contributed by atoms with van der Waals surface area (Å²) in [5.41, 5.74) is 0. The Bertz CT molecular complexity index is 79.3. The van der Waals surface area contributed by atoms with Crippen LogP contribution in [0.3, 0.4) is 0 Å². The van der Waals surface area contributed by atoms with E-state index in [0.29, 0.717) is 5.23 Å². The van der Waals surface area contributed by atoms with E-state index < -0.39 is 0 Å². The minimum Gasteiger partial charge on any atom is -0.762 e. The maximum atomic E-state index is 10.6. The van der Waals surface area contributed by atoms with Crippen LogP contribution in [0, 0.1) is 5.21 Å². The molecule has 0 heterocycles. The van der Waals surface area contributed by atoms with E-state index in [0.717, 1.165) is 0 Å². The normalized spacial score (nSPS) is 11.4. The zero-order chi connectivity index (χ0) is 7.98. The fourth-order valence-electron chi connectivity index (χ4n) is 0.415. The highest BCUT2D eigenvalue weighted by molar-refractivity contribution is 4.43. The van der Waals surface area contributed by atoms with Crippen LogP contribution < -0.4 is 5.90 Å². The molecule has 0 amide bonds. The molecule has 0 aromatic carbocycles. The maximum Gasteiger partial charge on any atom is 0.0818 e. The van der Waals surface area contributed by atoms with Gasteiger partial charge >= 0.3 is 0 Å². The average molecular weight is 149 g/mol. The third-order valence-electron chi connectivity index (χ3n) is 0.720. The van der Waals surface area contributed by atoms with Gasteiger partial charge in [-0.15, -0.1) is 0 Å². The van der Waals surface area contributed by atoms with Crippen molar-refractivity contribution >= 4 is 0 Å². The van der Waals surface area contributed by atoms with Gasteiger partial charge in [0.15, 0.2) is 0 Å². The highest BCUT2D eigenvalue weighted by Crippen LogP contribution is 1.92. The Morgan fingerprint density at radius 1 is 1.60 bits per heavy atom. The predicted molar refractivity (Wildman–Crippen MR) is 36.4 cm³/mol. The molecular formula is C5H13N2O3-. The van der Waals surface area contributed by atoms with Crippen LogP contribution in [-0.2, 0) is 9.68 Å². The van der Waals surface area contributed by atoms with Crippen molar-refractivity contribution < 1.29 is 9.68 Å². The monoisotopic (exact) mass is 149 g/mol. The second-order valence-electron chi connectivity index (χ2n) is 2.08. The minimum absolute atomic E-state index is 0.102. The van der Waals surface area contributed by atoms with Gasteiger partial charge in [0.25, 0.3) is 0 Å². The summed E-state index contributed by atoms with van der Waals surface area (Å²) < 4.78 is 0. The number of hydroxylamine groups is 2. The summed E-state index contributed by atoms with van der Waals surface area (Å²) in [6.45, 7) is 3.85. The molecule has 0 rings (SSSR count). The number of hydrogen-bond donors (Lipinski definition) is 1. The Morgan fingerprint density at radius 3 is 2.60 bits per heavy atom. The average Bonchev–Trinajstić information content (AvgIpc) is 1.82. The largest absolute Gasteiger partial charge is 0.762 e. The fourth-order valence-corrected chi connectivity index (χ4v) is 0.415. The van der Waals surface area contributed by atoms with Crippen molar-refractivity contribution in [1.82, 2.24) is 5.23 Å². The van der Waals surface area contributed by atoms with Crippen LogP contribution in [0.15, 0.2) is 0 Å². The summed E-state index contributed by atoms with van der Waals surface area (Å²) in [7, 11) is 0. The van der Waals surface area contributed by atoms with Gasteiger partial charge in [-0.1, -0.05) is 0 Å². The van der Waals surface area contributed by atoms with Gasteiger partial charge in [0.2, 0.25) is 0 Å². The van der Waals surface area contributed by atoms with Gasteiger partial charge in [0.05, 0.1) is 12.7 Å². The quantitative estimate of drug-likeness (QED) is 0.558. The first kappa shape index (κ1) is 9.80. The molecule has 0 aliphatic heterocycles. The van der Waals surface area contributed by atoms with E-state index in [1.807, 2.05) is 0 Å². The SMILES string of the molecule is CC(C)ON([O-])CCON. The zero-order valence-corrected chi connectivity index (χ0v) is 6.24. The molecule has 0 aromatic rings. The molecule has 0 bridgehead atoms. The smallest absolute Gasteiger partial charge is 0.0818 e. The third kappa shape index (κ3) is 5.93. The van der Waals surface area contributed by atoms with Crippen LogP contribution in [0.5, 0.6) is 0 Å². The van der Waals surface area contributed by atoms with Crippen molar-refractivity contribution in [1.29, 1.82) is 0 Å². The van der Waals surface area contributed by atoms with Crippen LogP contribution in [0.2, 0.25) is 0 Å². The van der Waals surface area contributed by atoms with E-state index in [-0.39, 0.29) is 19.3 Å². The molecule has 0 unspecified atom stereocenters. The second-order valence-corrected chi connectivity index (χ2v) is 2.08. The highest BCUT2D eigenvalue weighted by atomic mass is 16.9. The number of nitrogens with zero attached hydrogens (tertiary/aromatic N) is 1. The van der Waals surface area contributed by atoms with E-state index in [1.165, 1.54) is 0 Å². The van der Waals surface area contributed by atoms with Crippen molar-refractivity contribution in [3.63, 3.8) is 0 Å². The summed E-state index contributed by atoms with van der Waals surface area (Å²) in [5, 5.41) is 11.0. The first-order valence-electron chi connectivity index (χ1n) is 3.10. The molecule has 5 heteroatoms. The molecule has 0 aliphatic rings. The Balaban J connectivity index is 3.16. The van der Waals surface area contributed by atoms with E-state index in [4.69, 9.17) is 4.84 Å². The summed E-state index contributed by atoms with van der Waals surface area (Å²) in [4.78, 5) is 8.87. The minimum atomic E-state index is -0.102. The van der Waals surface area contributed by atoms with Gasteiger partial charge in [-0.25, -0.2) is 5.90 Å². The number of hydrogen-bond acceptors (Lipinski definition) is 5. The zero-order valence-electron chi connectivity index (χ0n) is 6.24. The standard InChI is InChI=1S/C5H13N2O3/c1-5(2)10-7(8)3-4-9-6/h5H,3-4,6H2,1-2H3/q-1. The highest BCUT2D eigenvalue weighted by Gasteiger charge is 1.94. The van der Waals surface area contributed by atoms with Crippen LogP contribution >= 0.6 is 0 Å². The molecule has 62 valence electrons. The van der Waals surface area contributed by atoms with Crippen LogP contribution in [0.4, 0.5) is 0 Å². The first-order valence-corrected chi connectivity index (χ1v) is 3.10. The summed E-state index contributed by atoms with van der Waals surface area (Å²) in [5.74, 6) is 4.69. The molecule has 10 heavy (non-hydrogen) atoms. The van der Waals surface area contributed by atoms with Crippen molar-refractivity contribution in [3.05, 3.63) is 5.21 Å². The van der Waals surface area contributed by atoms with E-state index in [1.54, 1.807) is 13.8 Å². The van der Waals surface area contributed by atoms with Crippen LogP contribution in [-0.4, -0.2) is 24.5 Å². The lowest BCUT2D eigenvalue weighted by Crippen LogP contribution is -2.26. The van der Waals surface area contributed by atoms with Crippen molar-refractivity contribution in [2.75, 3.05) is 13.2 Å². The summed E-state index contributed by atoms with van der Waals surface area (Å²) in [6, 6.07) is 0. The van der Waals surface area contributed by atoms with Crippen LogP contribution in [0.25, 0.3) is 0 Å². The lowest BCUT2D eigenvalue weighted by Gasteiger charge is -2.28. The lowest BCUT2D eigenvalue weighted by atomic mass is 10.5. The van der Waals surface area contributed by atoms with Crippen molar-refractivity contribution in [3.8, 4) is 0 Å². The second kappa shape index (κ2) is 5.57. The maximum absolute atomic E-state index is 10.6. The Morgan fingerprint density at radius 2 is 2.20 bits per heavy atom. The summed E-state index contributed by atoms with van der Waals surface area (Å²) in [6.07, 6.45) is -0.102. The van der Waals surface area contributed by atoms with Gasteiger partial charge in [0.1, 0.15) is 0 Å². The van der Waals surface area contributed by atoms with Crippen LogP contribution in [0.1, 0.15) is 13.8 Å². The Hall–Kier alpha value is -0.200. The van der Waals surface area contributed by atoms with Gasteiger partial charge in [-0.2, -0.15) is 0 Å². The molecule has 0 saturated heterocycles. The molecule has 0 saturated carbocycles. The topological polar surface area (TPSA) is 70.8 Å².